The molecule has 6 heteroatoms. The van der Waals surface area contributed by atoms with Gasteiger partial charge in [0.1, 0.15) is 11.9 Å². The molecular formula is C15H26N4O2. The van der Waals surface area contributed by atoms with Crippen molar-refractivity contribution in [2.45, 2.75) is 51.2 Å². The Hall–Kier alpha value is -1.72. The summed E-state index contributed by atoms with van der Waals surface area (Å²) in [4.78, 5) is 17.8. The molecule has 0 aromatic carbocycles. The van der Waals surface area contributed by atoms with Gasteiger partial charge in [0, 0.05) is 31.2 Å². The third kappa shape index (κ3) is 3.89. The molecule has 1 saturated heterocycles. The smallest absolute Gasteiger partial charge is 0.410 e. The van der Waals surface area contributed by atoms with Crippen molar-refractivity contribution < 1.29 is 9.53 Å². The van der Waals surface area contributed by atoms with Gasteiger partial charge in [-0.1, -0.05) is 0 Å². The average Bonchev–Trinajstić information content (AvgIpc) is 3.07. The van der Waals surface area contributed by atoms with E-state index in [-0.39, 0.29) is 18.1 Å². The lowest BCUT2D eigenvalue weighted by molar-refractivity contribution is 0.0627. The first-order valence-corrected chi connectivity index (χ1v) is 7.67. The molecule has 2 rings (SSSR count). The van der Waals surface area contributed by atoms with E-state index in [1.807, 2.05) is 4.90 Å². The topological polar surface area (TPSA) is 93.9 Å². The van der Waals surface area contributed by atoms with Crippen molar-refractivity contribution in [1.82, 2.24) is 4.90 Å². The van der Waals surface area contributed by atoms with E-state index in [0.29, 0.717) is 11.9 Å². The zero-order valence-electron chi connectivity index (χ0n) is 12.9. The van der Waals surface area contributed by atoms with Gasteiger partial charge in [0.25, 0.3) is 0 Å². The predicted molar refractivity (Wildman–Crippen MR) is 82.8 cm³/mol. The first-order chi connectivity index (χ1) is 10.0. The van der Waals surface area contributed by atoms with Gasteiger partial charge >= 0.3 is 6.09 Å². The number of nitrogens with zero attached hydrogens (tertiary/aromatic N) is 2. The standard InChI is InChI=1S/C15H26N4O2/c1-10-4-3-7-19(10)15(20)21-12-6-5-11(8-12)13(16)9-14(17)18-2/h9-12H,3-8,16H2,1-2H3,(H2,17,18)/b13-9-/t10-,11+,12-/m1/s1. The molecule has 1 amide bonds. The van der Waals surface area contributed by atoms with Crippen LogP contribution in [0.25, 0.3) is 0 Å². The normalized spacial score (nSPS) is 30.8. The van der Waals surface area contributed by atoms with E-state index in [1.165, 1.54) is 0 Å². The molecular weight excluding hydrogens is 268 g/mol. The Labute approximate surface area is 126 Å². The molecule has 3 atom stereocenters. The van der Waals surface area contributed by atoms with Crippen LogP contribution in [0.4, 0.5) is 4.79 Å². The fourth-order valence-electron chi connectivity index (χ4n) is 3.12. The van der Waals surface area contributed by atoms with Crippen molar-refractivity contribution >= 4 is 11.9 Å². The summed E-state index contributed by atoms with van der Waals surface area (Å²) in [6.45, 7) is 2.88. The van der Waals surface area contributed by atoms with Crippen LogP contribution in [0, 0.1) is 5.92 Å². The fourth-order valence-corrected chi connectivity index (χ4v) is 3.12. The van der Waals surface area contributed by atoms with Gasteiger partial charge in [0.05, 0.1) is 0 Å². The maximum atomic E-state index is 12.1. The molecule has 2 aliphatic rings. The lowest BCUT2D eigenvalue weighted by atomic mass is 10.0. The molecule has 1 saturated carbocycles. The third-order valence-corrected chi connectivity index (χ3v) is 4.48. The van der Waals surface area contributed by atoms with Crippen molar-refractivity contribution in [3.05, 3.63) is 11.8 Å². The Bertz CT molecular complexity index is 447. The van der Waals surface area contributed by atoms with Crippen LogP contribution in [0.5, 0.6) is 0 Å². The Morgan fingerprint density at radius 1 is 1.33 bits per heavy atom. The molecule has 1 aliphatic carbocycles. The maximum Gasteiger partial charge on any atom is 0.410 e. The lowest BCUT2D eigenvalue weighted by Crippen LogP contribution is -2.36. The number of rotatable bonds is 3. The monoisotopic (exact) mass is 294 g/mol. The van der Waals surface area contributed by atoms with Gasteiger partial charge < -0.3 is 21.1 Å². The van der Waals surface area contributed by atoms with Gasteiger partial charge in [-0.25, -0.2) is 4.79 Å². The third-order valence-electron chi connectivity index (χ3n) is 4.48. The summed E-state index contributed by atoms with van der Waals surface area (Å²) in [7, 11) is 1.63. The van der Waals surface area contributed by atoms with Crippen molar-refractivity contribution in [3.8, 4) is 0 Å². The SMILES string of the molecule is CN=C(N)/C=C(\N)[C@H]1CC[C@@H](OC(=O)N2CCC[C@H]2C)C1. The van der Waals surface area contributed by atoms with E-state index in [4.69, 9.17) is 16.2 Å². The highest BCUT2D eigenvalue weighted by Crippen LogP contribution is 2.32. The van der Waals surface area contributed by atoms with E-state index in [0.717, 1.165) is 44.3 Å². The van der Waals surface area contributed by atoms with Crippen molar-refractivity contribution in [3.63, 3.8) is 0 Å². The Kier molecular flexibility index (Phi) is 5.09. The number of carbonyl (C=O) groups is 1. The Morgan fingerprint density at radius 3 is 2.71 bits per heavy atom. The zero-order valence-corrected chi connectivity index (χ0v) is 12.9. The van der Waals surface area contributed by atoms with Gasteiger partial charge in [-0.05, 0) is 45.1 Å². The molecule has 118 valence electrons. The number of nitrogens with two attached hydrogens (primary N) is 2. The molecule has 0 bridgehead atoms. The molecule has 0 aromatic heterocycles. The molecule has 0 unspecified atom stereocenters. The second-order valence-electron chi connectivity index (χ2n) is 5.99. The van der Waals surface area contributed by atoms with Crippen LogP contribution in [-0.2, 0) is 4.74 Å². The minimum atomic E-state index is -0.178. The minimum Gasteiger partial charge on any atom is -0.446 e. The highest BCUT2D eigenvalue weighted by molar-refractivity contribution is 5.91. The first-order valence-electron chi connectivity index (χ1n) is 7.67. The van der Waals surface area contributed by atoms with Crippen LogP contribution < -0.4 is 11.5 Å². The summed E-state index contributed by atoms with van der Waals surface area (Å²) in [6, 6.07) is 0.292. The molecule has 2 fully saturated rings. The number of amidine groups is 1. The van der Waals surface area contributed by atoms with Gasteiger partial charge in [0.2, 0.25) is 0 Å². The molecule has 1 aliphatic heterocycles. The van der Waals surface area contributed by atoms with Gasteiger partial charge in [-0.3, -0.25) is 4.99 Å². The lowest BCUT2D eigenvalue weighted by Gasteiger charge is -2.23. The molecule has 0 aromatic rings. The Morgan fingerprint density at radius 2 is 2.10 bits per heavy atom. The largest absolute Gasteiger partial charge is 0.446 e. The number of aliphatic imine (C=N–C) groups is 1. The number of hydrogen-bond acceptors (Lipinski definition) is 4. The summed E-state index contributed by atoms with van der Waals surface area (Å²) in [5.74, 6) is 0.651. The molecule has 1 heterocycles. The predicted octanol–water partition coefficient (Wildman–Crippen LogP) is 1.61. The summed E-state index contributed by atoms with van der Waals surface area (Å²) in [5.41, 5.74) is 12.4. The van der Waals surface area contributed by atoms with Crippen molar-refractivity contribution in [2.75, 3.05) is 13.6 Å². The van der Waals surface area contributed by atoms with Crippen LogP contribution in [0.3, 0.4) is 0 Å². The summed E-state index contributed by atoms with van der Waals surface area (Å²) in [5, 5.41) is 0. The summed E-state index contributed by atoms with van der Waals surface area (Å²) >= 11 is 0. The molecule has 0 radical (unpaired) electrons. The van der Waals surface area contributed by atoms with E-state index < -0.39 is 0 Å². The summed E-state index contributed by atoms with van der Waals surface area (Å²) in [6.07, 6.45) is 6.17. The van der Waals surface area contributed by atoms with Crippen LogP contribution in [0.15, 0.2) is 16.8 Å². The highest BCUT2D eigenvalue weighted by atomic mass is 16.6. The van der Waals surface area contributed by atoms with Crippen molar-refractivity contribution in [2.24, 2.45) is 22.4 Å². The average molecular weight is 294 g/mol. The van der Waals surface area contributed by atoms with Gasteiger partial charge in [-0.15, -0.1) is 0 Å². The van der Waals surface area contributed by atoms with E-state index in [9.17, 15) is 4.79 Å². The van der Waals surface area contributed by atoms with E-state index in [1.54, 1.807) is 13.1 Å². The summed E-state index contributed by atoms with van der Waals surface area (Å²) < 4.78 is 5.62. The molecule has 4 N–H and O–H groups in total. The molecule has 6 nitrogen and oxygen atoms in total. The minimum absolute atomic E-state index is 0.0398. The molecule has 0 spiro atoms. The maximum absolute atomic E-state index is 12.1. The van der Waals surface area contributed by atoms with Crippen LogP contribution in [0.2, 0.25) is 0 Å². The molecule has 21 heavy (non-hydrogen) atoms. The van der Waals surface area contributed by atoms with Crippen LogP contribution in [-0.4, -0.2) is 42.6 Å². The number of carbonyl (C=O) groups excluding carboxylic acids is 1. The first kappa shape index (κ1) is 15.7. The Balaban J connectivity index is 1.85. The quantitative estimate of drug-likeness (QED) is 0.610. The van der Waals surface area contributed by atoms with Gasteiger partial charge in [0.15, 0.2) is 0 Å². The van der Waals surface area contributed by atoms with E-state index >= 15 is 0 Å². The number of likely N-dealkylation sites (tertiary alicyclic amines) is 1. The highest BCUT2D eigenvalue weighted by Gasteiger charge is 2.32. The van der Waals surface area contributed by atoms with Crippen LogP contribution in [0.1, 0.15) is 39.0 Å². The number of ether oxygens (including phenoxy) is 1. The zero-order chi connectivity index (χ0) is 15.4. The van der Waals surface area contributed by atoms with Crippen molar-refractivity contribution in [1.29, 1.82) is 0 Å². The fraction of sp³-hybridized carbons (Fsp3) is 0.733. The van der Waals surface area contributed by atoms with Gasteiger partial charge in [-0.2, -0.15) is 0 Å². The number of hydrogen-bond donors (Lipinski definition) is 2. The second-order valence-corrected chi connectivity index (χ2v) is 5.99. The van der Waals surface area contributed by atoms with E-state index in [2.05, 4.69) is 11.9 Å². The number of allylic oxidation sites excluding steroid dienone is 1. The number of amides is 1. The van der Waals surface area contributed by atoms with Crippen LogP contribution >= 0.6 is 0 Å². The second kappa shape index (κ2) is 6.83.